The first-order chi connectivity index (χ1) is 10.5. The van der Waals surface area contributed by atoms with Crippen molar-refractivity contribution in [2.75, 3.05) is 0 Å². The molecule has 0 aliphatic rings. The molecule has 0 radical (unpaired) electrons. The number of carbonyl (C=O) groups is 1. The van der Waals surface area contributed by atoms with Crippen LogP contribution in [0.5, 0.6) is 5.75 Å². The monoisotopic (exact) mass is 321 g/mol. The van der Waals surface area contributed by atoms with Gasteiger partial charge in [-0.05, 0) is 42.7 Å². The third-order valence-electron chi connectivity index (χ3n) is 3.43. The van der Waals surface area contributed by atoms with E-state index >= 15 is 0 Å². The van der Waals surface area contributed by atoms with Crippen molar-refractivity contribution >= 4 is 17.5 Å². The Kier molecular flexibility index (Phi) is 5.39. The first-order valence-corrected chi connectivity index (χ1v) is 7.36. The van der Waals surface area contributed by atoms with Gasteiger partial charge >= 0.3 is 0 Å². The molecule has 0 aliphatic heterocycles. The second-order valence-corrected chi connectivity index (χ2v) is 5.50. The largest absolute Gasteiger partial charge is 0.508 e. The Bertz CT molecular complexity index is 675. The van der Waals surface area contributed by atoms with Crippen LogP contribution in [-0.2, 0) is 11.2 Å². The van der Waals surface area contributed by atoms with Crippen LogP contribution in [0.1, 0.15) is 30.5 Å². The number of hydrogen-bond acceptors (Lipinski definition) is 2. The summed E-state index contributed by atoms with van der Waals surface area (Å²) in [6.07, 6.45) is 0.715. The van der Waals surface area contributed by atoms with Crippen LogP contribution in [0.15, 0.2) is 42.5 Å². The third-order valence-corrected chi connectivity index (χ3v) is 3.72. The summed E-state index contributed by atoms with van der Waals surface area (Å²) < 4.78 is 13.1. The van der Waals surface area contributed by atoms with Crippen molar-refractivity contribution in [3.8, 4) is 5.75 Å². The van der Waals surface area contributed by atoms with Gasteiger partial charge in [0, 0.05) is 6.42 Å². The number of aromatic hydroxyl groups is 1. The highest BCUT2D eigenvalue weighted by Crippen LogP contribution is 2.21. The van der Waals surface area contributed by atoms with Crippen molar-refractivity contribution in [2.45, 2.75) is 25.8 Å². The molecule has 22 heavy (non-hydrogen) atoms. The minimum atomic E-state index is -0.483. The van der Waals surface area contributed by atoms with Crippen LogP contribution in [0.25, 0.3) is 0 Å². The predicted molar refractivity (Wildman–Crippen MR) is 84.4 cm³/mol. The maximum absolute atomic E-state index is 13.1. The number of para-hydroxylation sites is 1. The molecule has 0 heterocycles. The molecule has 0 fully saturated rings. The molecule has 0 saturated heterocycles. The van der Waals surface area contributed by atoms with Gasteiger partial charge in [0.2, 0.25) is 5.91 Å². The predicted octanol–water partition coefficient (Wildman–Crippen LogP) is 3.99. The minimum absolute atomic E-state index is 0.0350. The smallest absolute Gasteiger partial charge is 0.220 e. The fraction of sp³-hybridized carbons (Fsp3) is 0.235. The molecule has 0 unspecified atom stereocenters. The first-order valence-electron chi connectivity index (χ1n) is 6.98. The number of nitrogens with one attached hydrogen (secondary N) is 1. The van der Waals surface area contributed by atoms with Crippen LogP contribution in [0.2, 0.25) is 5.02 Å². The number of carbonyl (C=O) groups excluding carboxylic acids is 1. The SMILES string of the molecule is C[C@H](NC(=O)CCc1ccccc1O)c1ccc(F)c(Cl)c1. The Morgan fingerprint density at radius 3 is 2.73 bits per heavy atom. The Hall–Kier alpha value is -2.07. The van der Waals surface area contributed by atoms with Crippen LogP contribution in [0.4, 0.5) is 4.39 Å². The second-order valence-electron chi connectivity index (χ2n) is 5.09. The maximum Gasteiger partial charge on any atom is 0.220 e. The average molecular weight is 322 g/mol. The summed E-state index contributed by atoms with van der Waals surface area (Å²) in [5.74, 6) is -0.437. The lowest BCUT2D eigenvalue weighted by Gasteiger charge is -2.15. The van der Waals surface area contributed by atoms with E-state index in [4.69, 9.17) is 11.6 Å². The molecule has 2 aromatic rings. The van der Waals surface area contributed by atoms with Crippen molar-refractivity contribution in [3.05, 3.63) is 64.4 Å². The van der Waals surface area contributed by atoms with Crippen molar-refractivity contribution in [3.63, 3.8) is 0 Å². The zero-order valence-corrected chi connectivity index (χ0v) is 12.9. The van der Waals surface area contributed by atoms with Gasteiger partial charge in [-0.15, -0.1) is 0 Å². The van der Waals surface area contributed by atoms with Gasteiger partial charge in [-0.25, -0.2) is 4.39 Å². The molecule has 1 atom stereocenters. The van der Waals surface area contributed by atoms with Gasteiger partial charge in [0.15, 0.2) is 0 Å². The summed E-state index contributed by atoms with van der Waals surface area (Å²) >= 11 is 5.74. The molecular formula is C17H17ClFNO2. The number of benzene rings is 2. The van der Waals surface area contributed by atoms with Crippen molar-refractivity contribution in [1.82, 2.24) is 5.32 Å². The van der Waals surface area contributed by atoms with E-state index in [-0.39, 0.29) is 29.1 Å². The fourth-order valence-electron chi connectivity index (χ4n) is 2.15. The van der Waals surface area contributed by atoms with Crippen LogP contribution in [-0.4, -0.2) is 11.0 Å². The third kappa shape index (κ3) is 4.21. The molecular weight excluding hydrogens is 305 g/mol. The van der Waals surface area contributed by atoms with Gasteiger partial charge in [0.1, 0.15) is 11.6 Å². The Morgan fingerprint density at radius 2 is 2.05 bits per heavy atom. The number of halogens is 2. The minimum Gasteiger partial charge on any atom is -0.508 e. The van der Waals surface area contributed by atoms with E-state index in [1.807, 2.05) is 13.0 Å². The number of rotatable bonds is 5. The van der Waals surface area contributed by atoms with E-state index in [1.165, 1.54) is 12.1 Å². The number of hydrogen-bond donors (Lipinski definition) is 2. The Labute approximate surface area is 133 Å². The quantitative estimate of drug-likeness (QED) is 0.874. The normalized spacial score (nSPS) is 12.0. The van der Waals surface area contributed by atoms with Crippen molar-refractivity contribution in [2.24, 2.45) is 0 Å². The molecule has 0 aromatic heterocycles. The summed E-state index contributed by atoms with van der Waals surface area (Å²) in [6, 6.07) is 11.0. The molecule has 0 spiro atoms. The van der Waals surface area contributed by atoms with E-state index in [2.05, 4.69) is 5.32 Å². The van der Waals surface area contributed by atoms with E-state index in [1.54, 1.807) is 24.3 Å². The highest BCUT2D eigenvalue weighted by molar-refractivity contribution is 6.30. The molecule has 2 rings (SSSR count). The van der Waals surface area contributed by atoms with Crippen molar-refractivity contribution in [1.29, 1.82) is 0 Å². The van der Waals surface area contributed by atoms with E-state index in [0.29, 0.717) is 6.42 Å². The standard InChI is InChI=1S/C17H17ClFNO2/c1-11(13-6-8-15(19)14(18)10-13)20-17(22)9-7-12-4-2-3-5-16(12)21/h2-6,8,10-11,21H,7,9H2,1H3,(H,20,22)/t11-/m0/s1. The van der Waals surface area contributed by atoms with Crippen LogP contribution < -0.4 is 5.32 Å². The molecule has 0 bridgehead atoms. The highest BCUT2D eigenvalue weighted by Gasteiger charge is 2.12. The maximum atomic E-state index is 13.1. The van der Waals surface area contributed by atoms with E-state index < -0.39 is 5.82 Å². The van der Waals surface area contributed by atoms with E-state index in [0.717, 1.165) is 11.1 Å². The fourth-order valence-corrected chi connectivity index (χ4v) is 2.34. The Balaban J connectivity index is 1.91. The van der Waals surface area contributed by atoms with Crippen LogP contribution in [0, 0.1) is 5.82 Å². The van der Waals surface area contributed by atoms with Gasteiger partial charge in [-0.3, -0.25) is 4.79 Å². The summed E-state index contributed by atoms with van der Waals surface area (Å²) in [4.78, 5) is 12.0. The lowest BCUT2D eigenvalue weighted by molar-refractivity contribution is -0.121. The zero-order chi connectivity index (χ0) is 16.1. The summed E-state index contributed by atoms with van der Waals surface area (Å²) in [7, 11) is 0. The number of phenolic OH excluding ortho intramolecular Hbond substituents is 1. The van der Waals surface area contributed by atoms with Gasteiger partial charge in [-0.1, -0.05) is 35.9 Å². The molecule has 0 saturated carbocycles. The number of amides is 1. The summed E-state index contributed by atoms with van der Waals surface area (Å²) in [6.45, 7) is 1.81. The van der Waals surface area contributed by atoms with Crippen molar-refractivity contribution < 1.29 is 14.3 Å². The summed E-state index contributed by atoms with van der Waals surface area (Å²) in [5, 5.41) is 12.5. The van der Waals surface area contributed by atoms with Crippen LogP contribution in [0.3, 0.4) is 0 Å². The number of aryl methyl sites for hydroxylation is 1. The molecule has 2 N–H and O–H groups in total. The van der Waals surface area contributed by atoms with Gasteiger partial charge < -0.3 is 10.4 Å². The number of phenols is 1. The lowest BCUT2D eigenvalue weighted by atomic mass is 10.1. The molecule has 2 aromatic carbocycles. The second kappa shape index (κ2) is 7.27. The van der Waals surface area contributed by atoms with Gasteiger partial charge in [0.05, 0.1) is 11.1 Å². The van der Waals surface area contributed by atoms with E-state index in [9.17, 15) is 14.3 Å². The highest BCUT2D eigenvalue weighted by atomic mass is 35.5. The van der Waals surface area contributed by atoms with Gasteiger partial charge in [0.25, 0.3) is 0 Å². The molecule has 1 amide bonds. The lowest BCUT2D eigenvalue weighted by Crippen LogP contribution is -2.26. The molecule has 0 aliphatic carbocycles. The van der Waals surface area contributed by atoms with Crippen LogP contribution >= 0.6 is 11.6 Å². The summed E-state index contributed by atoms with van der Waals surface area (Å²) in [5.41, 5.74) is 1.47. The van der Waals surface area contributed by atoms with Gasteiger partial charge in [-0.2, -0.15) is 0 Å². The average Bonchev–Trinajstić information content (AvgIpc) is 2.49. The first kappa shape index (κ1) is 16.3. The zero-order valence-electron chi connectivity index (χ0n) is 12.1. The molecule has 3 nitrogen and oxygen atoms in total. The molecule has 116 valence electrons. The Morgan fingerprint density at radius 1 is 1.32 bits per heavy atom. The topological polar surface area (TPSA) is 49.3 Å². The molecule has 5 heteroatoms.